The lowest BCUT2D eigenvalue weighted by Crippen LogP contribution is -2.48. The van der Waals surface area contributed by atoms with Gasteiger partial charge in [-0.15, -0.1) is 0 Å². The summed E-state index contributed by atoms with van der Waals surface area (Å²) in [6.07, 6.45) is 3.68. The van der Waals surface area contributed by atoms with Crippen LogP contribution in [-0.2, 0) is 9.53 Å². The third kappa shape index (κ3) is 6.48. The van der Waals surface area contributed by atoms with E-state index in [1.54, 1.807) is 13.3 Å². The van der Waals surface area contributed by atoms with E-state index >= 15 is 0 Å². The number of ether oxygens (including phenoxy) is 2. The number of benzene rings is 1. The normalized spacial score (nSPS) is 17.4. The van der Waals surface area contributed by atoms with Crippen LogP contribution in [0.1, 0.15) is 13.8 Å². The minimum Gasteiger partial charge on any atom is -0.497 e. The molecule has 29 heavy (non-hydrogen) atoms. The Balaban J connectivity index is 1.46. The van der Waals surface area contributed by atoms with Crippen molar-refractivity contribution in [2.75, 3.05) is 45.6 Å². The van der Waals surface area contributed by atoms with Crippen LogP contribution in [0.15, 0.2) is 41.8 Å². The highest BCUT2D eigenvalue weighted by Gasteiger charge is 2.21. The molecule has 0 saturated carbocycles. The number of nitrogens with one attached hydrogen (secondary N) is 1. The number of carbonyl (C=O) groups excluding carboxylic acids is 1. The summed E-state index contributed by atoms with van der Waals surface area (Å²) < 4.78 is 13.0. The molecular weight excluding hydrogens is 388 g/mol. The summed E-state index contributed by atoms with van der Waals surface area (Å²) in [5.74, 6) is 1.74. The number of morpholine rings is 1. The van der Waals surface area contributed by atoms with E-state index in [-0.39, 0.29) is 12.0 Å². The number of aromatic nitrogens is 2. The maximum atomic E-state index is 12.3. The van der Waals surface area contributed by atoms with Crippen molar-refractivity contribution in [1.82, 2.24) is 19.8 Å². The third-order valence-electron chi connectivity index (χ3n) is 4.66. The molecule has 1 atom stereocenters. The van der Waals surface area contributed by atoms with Gasteiger partial charge in [0, 0.05) is 44.3 Å². The summed E-state index contributed by atoms with van der Waals surface area (Å²) in [5, 5.41) is 3.78. The fourth-order valence-electron chi connectivity index (χ4n) is 3.33. The SMILES string of the molecule is COc1ccc(-n2ccnc2SCC(=O)NC[C@H]2CN(CC(C)C)CCO2)cc1. The van der Waals surface area contributed by atoms with E-state index in [0.717, 1.165) is 42.8 Å². The maximum absolute atomic E-state index is 12.3. The Bertz CT molecular complexity index is 778. The first-order chi connectivity index (χ1) is 14.0. The first kappa shape index (κ1) is 21.7. The molecule has 1 aromatic heterocycles. The molecule has 0 aliphatic carbocycles. The molecule has 2 aromatic rings. The minimum absolute atomic E-state index is 0.0103. The lowest BCUT2D eigenvalue weighted by atomic mass is 10.2. The zero-order valence-corrected chi connectivity index (χ0v) is 18.2. The van der Waals surface area contributed by atoms with Gasteiger partial charge < -0.3 is 14.8 Å². The number of hydrogen-bond donors (Lipinski definition) is 1. The summed E-state index contributed by atoms with van der Waals surface area (Å²) in [4.78, 5) is 19.1. The molecular formula is C21H30N4O3S. The summed E-state index contributed by atoms with van der Waals surface area (Å²) in [6.45, 7) is 8.61. The molecule has 1 fully saturated rings. The van der Waals surface area contributed by atoms with Crippen LogP contribution in [0.25, 0.3) is 5.69 Å². The van der Waals surface area contributed by atoms with E-state index in [1.165, 1.54) is 11.8 Å². The summed E-state index contributed by atoms with van der Waals surface area (Å²) in [6, 6.07) is 7.74. The van der Waals surface area contributed by atoms with E-state index in [4.69, 9.17) is 9.47 Å². The van der Waals surface area contributed by atoms with Gasteiger partial charge in [-0.05, 0) is 30.2 Å². The largest absolute Gasteiger partial charge is 0.497 e. The lowest BCUT2D eigenvalue weighted by molar-refractivity contribution is -0.119. The van der Waals surface area contributed by atoms with Gasteiger partial charge in [-0.1, -0.05) is 25.6 Å². The number of carbonyl (C=O) groups is 1. The van der Waals surface area contributed by atoms with Crippen molar-refractivity contribution < 1.29 is 14.3 Å². The molecule has 1 aliphatic rings. The van der Waals surface area contributed by atoms with Crippen molar-refractivity contribution >= 4 is 17.7 Å². The average Bonchev–Trinajstić information content (AvgIpc) is 3.19. The first-order valence-electron chi connectivity index (χ1n) is 9.96. The van der Waals surface area contributed by atoms with Crippen LogP contribution in [0.2, 0.25) is 0 Å². The maximum Gasteiger partial charge on any atom is 0.230 e. The highest BCUT2D eigenvalue weighted by atomic mass is 32.2. The molecule has 0 bridgehead atoms. The van der Waals surface area contributed by atoms with Crippen LogP contribution in [0, 0.1) is 5.92 Å². The van der Waals surface area contributed by atoms with Crippen LogP contribution in [-0.4, -0.2) is 72.1 Å². The van der Waals surface area contributed by atoms with Crippen LogP contribution in [0.4, 0.5) is 0 Å². The Morgan fingerprint density at radius 1 is 1.38 bits per heavy atom. The second-order valence-corrected chi connectivity index (χ2v) is 8.46. The second kappa shape index (κ2) is 10.7. The predicted molar refractivity (Wildman–Crippen MR) is 115 cm³/mol. The van der Waals surface area contributed by atoms with Gasteiger partial charge in [-0.3, -0.25) is 14.3 Å². The van der Waals surface area contributed by atoms with E-state index < -0.39 is 0 Å². The van der Waals surface area contributed by atoms with Gasteiger partial charge in [0.1, 0.15) is 5.75 Å². The van der Waals surface area contributed by atoms with E-state index in [1.807, 2.05) is 35.0 Å². The molecule has 1 saturated heterocycles. The Labute approximate surface area is 176 Å². The number of imidazole rings is 1. The number of methoxy groups -OCH3 is 1. The van der Waals surface area contributed by atoms with E-state index in [9.17, 15) is 4.79 Å². The molecule has 1 N–H and O–H groups in total. The van der Waals surface area contributed by atoms with E-state index in [0.29, 0.717) is 18.2 Å². The van der Waals surface area contributed by atoms with Gasteiger partial charge in [0.05, 0.1) is 25.6 Å². The topological polar surface area (TPSA) is 68.6 Å². The van der Waals surface area contributed by atoms with Crippen molar-refractivity contribution in [3.63, 3.8) is 0 Å². The van der Waals surface area contributed by atoms with Crippen LogP contribution < -0.4 is 10.1 Å². The number of amides is 1. The summed E-state index contributed by atoms with van der Waals surface area (Å²) >= 11 is 1.42. The fourth-order valence-corrected chi connectivity index (χ4v) is 4.13. The molecule has 0 spiro atoms. The number of thioether (sulfide) groups is 1. The molecule has 1 aliphatic heterocycles. The Morgan fingerprint density at radius 2 is 2.17 bits per heavy atom. The monoisotopic (exact) mass is 418 g/mol. The van der Waals surface area contributed by atoms with E-state index in [2.05, 4.69) is 29.0 Å². The second-order valence-electron chi connectivity index (χ2n) is 7.52. The van der Waals surface area contributed by atoms with Crippen LogP contribution in [0.5, 0.6) is 5.75 Å². The summed E-state index contributed by atoms with van der Waals surface area (Å²) in [7, 11) is 1.65. The smallest absolute Gasteiger partial charge is 0.230 e. The van der Waals surface area contributed by atoms with Crippen molar-refractivity contribution in [2.45, 2.75) is 25.1 Å². The standard InChI is InChI=1S/C21H30N4O3S/c1-16(2)13-24-10-11-28-19(14-24)12-23-20(26)15-29-21-22-8-9-25(21)17-4-6-18(27-3)7-5-17/h4-9,16,19H,10-15H2,1-3H3,(H,23,26)/t19-/m0/s1. The highest BCUT2D eigenvalue weighted by Crippen LogP contribution is 2.22. The average molecular weight is 419 g/mol. The number of rotatable bonds is 9. The van der Waals surface area contributed by atoms with Gasteiger partial charge in [0.15, 0.2) is 5.16 Å². The fraction of sp³-hybridized carbons (Fsp3) is 0.524. The van der Waals surface area contributed by atoms with Crippen molar-refractivity contribution in [3.05, 3.63) is 36.7 Å². The van der Waals surface area contributed by atoms with Crippen molar-refractivity contribution in [3.8, 4) is 11.4 Å². The molecule has 1 amide bonds. The molecule has 7 nitrogen and oxygen atoms in total. The van der Waals surface area contributed by atoms with Gasteiger partial charge in [0.2, 0.25) is 5.91 Å². The first-order valence-corrected chi connectivity index (χ1v) is 10.9. The Kier molecular flexibility index (Phi) is 7.97. The molecule has 0 unspecified atom stereocenters. The molecule has 2 heterocycles. The highest BCUT2D eigenvalue weighted by molar-refractivity contribution is 7.99. The lowest BCUT2D eigenvalue weighted by Gasteiger charge is -2.33. The molecule has 1 aromatic carbocycles. The zero-order chi connectivity index (χ0) is 20.6. The molecule has 8 heteroatoms. The Hall–Kier alpha value is -2.03. The Morgan fingerprint density at radius 3 is 2.90 bits per heavy atom. The molecule has 158 valence electrons. The van der Waals surface area contributed by atoms with Gasteiger partial charge in [-0.2, -0.15) is 0 Å². The minimum atomic E-state index is -0.0103. The van der Waals surface area contributed by atoms with Gasteiger partial charge in [0.25, 0.3) is 0 Å². The summed E-state index contributed by atoms with van der Waals surface area (Å²) in [5.41, 5.74) is 0.979. The number of nitrogens with zero attached hydrogens (tertiary/aromatic N) is 3. The quantitative estimate of drug-likeness (QED) is 0.631. The molecule has 0 radical (unpaired) electrons. The molecule has 3 rings (SSSR count). The van der Waals surface area contributed by atoms with Crippen molar-refractivity contribution in [1.29, 1.82) is 0 Å². The van der Waals surface area contributed by atoms with Gasteiger partial charge >= 0.3 is 0 Å². The predicted octanol–water partition coefficient (Wildman–Crippen LogP) is 2.45. The van der Waals surface area contributed by atoms with Gasteiger partial charge in [-0.25, -0.2) is 4.98 Å². The zero-order valence-electron chi connectivity index (χ0n) is 17.3. The van der Waals surface area contributed by atoms with Crippen molar-refractivity contribution in [2.24, 2.45) is 5.92 Å². The third-order valence-corrected chi connectivity index (χ3v) is 5.63. The van der Waals surface area contributed by atoms with Crippen LogP contribution in [0.3, 0.4) is 0 Å². The number of hydrogen-bond acceptors (Lipinski definition) is 6. The van der Waals surface area contributed by atoms with Crippen LogP contribution >= 0.6 is 11.8 Å².